The topological polar surface area (TPSA) is 81.5 Å². The molecule has 3 aromatic rings. The molecule has 0 spiro atoms. The van der Waals surface area contributed by atoms with Crippen molar-refractivity contribution >= 4 is 35.3 Å². The molecule has 0 fully saturated rings. The van der Waals surface area contributed by atoms with E-state index in [1.54, 1.807) is 60.2 Å². The quantitative estimate of drug-likeness (QED) is 0.323. The van der Waals surface area contributed by atoms with E-state index >= 15 is 0 Å². The number of ether oxygens (including phenoxy) is 1. The number of amides is 2. The van der Waals surface area contributed by atoms with Gasteiger partial charge in [0.15, 0.2) is 5.16 Å². The van der Waals surface area contributed by atoms with Gasteiger partial charge in [0.25, 0.3) is 17.4 Å². The molecule has 162 valence electrons. The van der Waals surface area contributed by atoms with Gasteiger partial charge in [-0.3, -0.25) is 23.9 Å². The number of rotatable bonds is 5. The van der Waals surface area contributed by atoms with Crippen LogP contribution in [0.2, 0.25) is 0 Å². The van der Waals surface area contributed by atoms with E-state index in [2.05, 4.69) is 6.92 Å². The maximum atomic E-state index is 13.4. The van der Waals surface area contributed by atoms with Gasteiger partial charge in [-0.25, -0.2) is 4.98 Å². The second kappa shape index (κ2) is 8.14. The van der Waals surface area contributed by atoms with E-state index in [1.165, 1.54) is 28.4 Å². The molecule has 1 unspecified atom stereocenters. The van der Waals surface area contributed by atoms with Crippen LogP contribution in [0.15, 0.2) is 63.4 Å². The third-order valence-corrected chi connectivity index (χ3v) is 7.55. The Morgan fingerprint density at radius 1 is 1.06 bits per heavy atom. The van der Waals surface area contributed by atoms with Crippen LogP contribution in [0.5, 0.6) is 5.75 Å². The zero-order valence-electron chi connectivity index (χ0n) is 17.4. The summed E-state index contributed by atoms with van der Waals surface area (Å²) in [6.07, 6.45) is 0.708. The first-order chi connectivity index (χ1) is 15.5. The van der Waals surface area contributed by atoms with Crippen LogP contribution in [0.1, 0.15) is 33.3 Å². The first-order valence-electron chi connectivity index (χ1n) is 10.0. The van der Waals surface area contributed by atoms with Crippen molar-refractivity contribution in [2.24, 2.45) is 0 Å². The minimum absolute atomic E-state index is 0.0659. The molecule has 0 saturated carbocycles. The summed E-state index contributed by atoms with van der Waals surface area (Å²) in [4.78, 5) is 45.5. The lowest BCUT2D eigenvalue weighted by atomic mass is 10.1. The summed E-state index contributed by atoms with van der Waals surface area (Å²) < 4.78 is 6.78. The average Bonchev–Trinajstić information content (AvgIpc) is 3.30. The summed E-state index contributed by atoms with van der Waals surface area (Å²) in [5, 5.41) is 0.719. The number of imide groups is 1. The fourth-order valence-corrected chi connectivity index (χ4v) is 5.91. The molecule has 3 heterocycles. The number of fused-ring (bicyclic) bond motifs is 2. The molecule has 1 aromatic heterocycles. The third-order valence-electron chi connectivity index (χ3n) is 5.41. The summed E-state index contributed by atoms with van der Waals surface area (Å²) in [6.45, 7) is 2.06. The van der Waals surface area contributed by atoms with Crippen LogP contribution < -0.4 is 10.3 Å². The predicted molar refractivity (Wildman–Crippen MR) is 123 cm³/mol. The Morgan fingerprint density at radius 3 is 2.34 bits per heavy atom. The normalized spacial score (nSPS) is 16.9. The van der Waals surface area contributed by atoms with Crippen molar-refractivity contribution in [1.29, 1.82) is 0 Å². The molecule has 0 aliphatic carbocycles. The van der Waals surface area contributed by atoms with Gasteiger partial charge in [0.1, 0.15) is 5.75 Å². The Kier molecular flexibility index (Phi) is 5.30. The van der Waals surface area contributed by atoms with E-state index < -0.39 is 0 Å². The SMILES string of the molecule is COc1ccc(-n2c(SCN3C(=O)c4ccccc4C3=O)nc3c(c2=O)SC(C)C3)cc1. The lowest BCUT2D eigenvalue weighted by Gasteiger charge is -2.17. The Hall–Kier alpha value is -3.04. The Balaban J connectivity index is 1.52. The van der Waals surface area contributed by atoms with Gasteiger partial charge in [0, 0.05) is 11.7 Å². The van der Waals surface area contributed by atoms with E-state index in [4.69, 9.17) is 9.72 Å². The smallest absolute Gasteiger partial charge is 0.272 e. The van der Waals surface area contributed by atoms with Crippen molar-refractivity contribution in [3.05, 3.63) is 75.7 Å². The van der Waals surface area contributed by atoms with Gasteiger partial charge >= 0.3 is 0 Å². The zero-order chi connectivity index (χ0) is 22.4. The second-order valence-corrected chi connectivity index (χ2v) is 9.86. The van der Waals surface area contributed by atoms with E-state index in [0.717, 1.165) is 5.69 Å². The zero-order valence-corrected chi connectivity index (χ0v) is 19.0. The average molecular weight is 466 g/mol. The molecule has 5 rings (SSSR count). The third kappa shape index (κ3) is 3.41. The van der Waals surface area contributed by atoms with E-state index in [9.17, 15) is 14.4 Å². The van der Waals surface area contributed by atoms with Gasteiger partial charge < -0.3 is 4.74 Å². The summed E-state index contributed by atoms with van der Waals surface area (Å²) in [6, 6.07) is 13.9. The monoisotopic (exact) mass is 465 g/mol. The summed E-state index contributed by atoms with van der Waals surface area (Å²) >= 11 is 2.73. The van der Waals surface area contributed by atoms with Gasteiger partial charge in [0.2, 0.25) is 0 Å². The van der Waals surface area contributed by atoms with Crippen LogP contribution in [0, 0.1) is 0 Å². The van der Waals surface area contributed by atoms with Gasteiger partial charge in [-0.2, -0.15) is 0 Å². The fourth-order valence-electron chi connectivity index (χ4n) is 3.83. The van der Waals surface area contributed by atoms with Gasteiger partial charge in [0.05, 0.1) is 40.4 Å². The fraction of sp³-hybridized carbons (Fsp3) is 0.217. The molecule has 9 heteroatoms. The number of carbonyl (C=O) groups is 2. The van der Waals surface area contributed by atoms with Crippen molar-refractivity contribution in [2.45, 2.75) is 28.6 Å². The number of benzene rings is 2. The standard InChI is InChI=1S/C23H19N3O4S2/c1-13-11-18-19(32-13)22(29)26(14-7-9-15(30-2)10-8-14)23(24-18)31-12-25-20(27)16-5-3-4-6-17(16)21(25)28/h3-10,13H,11-12H2,1-2H3. The lowest BCUT2D eigenvalue weighted by molar-refractivity contribution is 0.0684. The molecular weight excluding hydrogens is 446 g/mol. The number of aromatic nitrogens is 2. The molecule has 0 N–H and O–H groups in total. The Bertz CT molecular complexity index is 1270. The Morgan fingerprint density at radius 2 is 1.72 bits per heavy atom. The van der Waals surface area contributed by atoms with Gasteiger partial charge in [-0.1, -0.05) is 30.8 Å². The number of nitrogens with zero attached hydrogens (tertiary/aromatic N) is 3. The maximum absolute atomic E-state index is 13.4. The molecule has 1 atom stereocenters. The lowest BCUT2D eigenvalue weighted by Crippen LogP contribution is -2.30. The molecule has 32 heavy (non-hydrogen) atoms. The van der Waals surface area contributed by atoms with Crippen molar-refractivity contribution in [3.8, 4) is 11.4 Å². The van der Waals surface area contributed by atoms with E-state index in [-0.39, 0.29) is 28.5 Å². The van der Waals surface area contributed by atoms with Crippen LogP contribution in [0.4, 0.5) is 0 Å². The second-order valence-electron chi connectivity index (χ2n) is 7.50. The number of hydrogen-bond donors (Lipinski definition) is 0. The molecule has 2 aliphatic rings. The van der Waals surface area contributed by atoms with E-state index in [0.29, 0.717) is 39.0 Å². The first kappa shape index (κ1) is 20.8. The number of hydrogen-bond acceptors (Lipinski definition) is 7. The molecule has 2 aliphatic heterocycles. The highest BCUT2D eigenvalue weighted by atomic mass is 32.2. The van der Waals surface area contributed by atoms with Crippen LogP contribution in [0.25, 0.3) is 5.69 Å². The van der Waals surface area contributed by atoms with Crippen LogP contribution >= 0.6 is 23.5 Å². The van der Waals surface area contributed by atoms with Gasteiger partial charge in [-0.15, -0.1) is 11.8 Å². The largest absolute Gasteiger partial charge is 0.497 e. The molecule has 7 nitrogen and oxygen atoms in total. The first-order valence-corrected chi connectivity index (χ1v) is 11.9. The van der Waals surface area contributed by atoms with Crippen molar-refractivity contribution in [2.75, 3.05) is 13.0 Å². The molecular formula is C23H19N3O4S2. The minimum atomic E-state index is -0.332. The summed E-state index contributed by atoms with van der Waals surface area (Å²) in [7, 11) is 1.58. The highest BCUT2D eigenvalue weighted by Gasteiger charge is 2.35. The van der Waals surface area contributed by atoms with Crippen molar-refractivity contribution < 1.29 is 14.3 Å². The summed E-state index contributed by atoms with van der Waals surface area (Å²) in [5.41, 5.74) is 2.08. The molecule has 0 saturated heterocycles. The number of methoxy groups -OCH3 is 1. The number of thioether (sulfide) groups is 2. The maximum Gasteiger partial charge on any atom is 0.272 e. The van der Waals surface area contributed by atoms with Crippen molar-refractivity contribution in [3.63, 3.8) is 0 Å². The summed E-state index contributed by atoms with van der Waals surface area (Å²) in [5.74, 6) is 0.0823. The number of carbonyl (C=O) groups excluding carboxylic acids is 2. The van der Waals surface area contributed by atoms with Crippen molar-refractivity contribution in [1.82, 2.24) is 14.5 Å². The highest BCUT2D eigenvalue weighted by molar-refractivity contribution is 8.00. The van der Waals surface area contributed by atoms with Crippen LogP contribution in [-0.2, 0) is 6.42 Å². The van der Waals surface area contributed by atoms with Crippen LogP contribution in [0.3, 0.4) is 0 Å². The molecule has 0 radical (unpaired) electrons. The van der Waals surface area contributed by atoms with Gasteiger partial charge in [-0.05, 0) is 36.4 Å². The molecule has 0 bridgehead atoms. The van der Waals surface area contributed by atoms with E-state index in [1.807, 2.05) is 0 Å². The minimum Gasteiger partial charge on any atom is -0.497 e. The van der Waals surface area contributed by atoms with Crippen LogP contribution in [-0.4, -0.2) is 44.5 Å². The molecule has 2 amide bonds. The Labute approximate surface area is 192 Å². The highest BCUT2D eigenvalue weighted by Crippen LogP contribution is 2.35. The predicted octanol–water partition coefficient (Wildman–Crippen LogP) is 3.62. The molecule has 2 aromatic carbocycles.